The maximum atomic E-state index is 11.5. The Morgan fingerprint density at radius 1 is 1.10 bits per heavy atom. The van der Waals surface area contributed by atoms with Gasteiger partial charge in [-0.15, -0.1) is 0 Å². The Bertz CT molecular complexity index is 368. The van der Waals surface area contributed by atoms with Gasteiger partial charge in [0.1, 0.15) is 0 Å². The Hall–Kier alpha value is -1.22. The zero-order valence-corrected chi connectivity index (χ0v) is 14.0. The number of primary amides is 1. The average Bonchev–Trinajstić information content (AvgIpc) is 2.38. The molecule has 0 saturated carbocycles. The van der Waals surface area contributed by atoms with Crippen molar-refractivity contribution in [2.75, 3.05) is 19.8 Å². The van der Waals surface area contributed by atoms with Gasteiger partial charge in [-0.25, -0.2) is 4.79 Å². The minimum Gasteiger partial charge on any atom is -0.478 e. The molecule has 1 atom stereocenters. The third kappa shape index (κ3) is 5.58. The molecule has 0 aromatic rings. The van der Waals surface area contributed by atoms with Crippen LogP contribution in [-0.2, 0) is 22.9 Å². The molecule has 0 saturated heterocycles. The quantitative estimate of drug-likeness (QED) is 0.439. The van der Waals surface area contributed by atoms with Gasteiger partial charge in [0.05, 0.1) is 5.54 Å². The van der Waals surface area contributed by atoms with Crippen molar-refractivity contribution in [2.24, 2.45) is 5.73 Å². The first kappa shape index (κ1) is 19.8. The summed E-state index contributed by atoms with van der Waals surface area (Å²) in [6.07, 6.45) is 1.31. The number of aliphatic carboxylic acids is 1. The number of hydrogen-bond acceptors (Lipinski definition) is 5. The highest BCUT2D eigenvalue weighted by Crippen LogP contribution is 2.35. The fourth-order valence-corrected chi connectivity index (χ4v) is 5.30. The third-order valence-corrected chi connectivity index (χ3v) is 6.44. The molecular weight excluding hydrogens is 294 g/mol. The van der Waals surface area contributed by atoms with Gasteiger partial charge in [-0.1, -0.05) is 6.92 Å². The second kappa shape index (κ2) is 9.67. The van der Waals surface area contributed by atoms with Gasteiger partial charge in [-0.05, 0) is 27.2 Å². The van der Waals surface area contributed by atoms with Crippen LogP contribution < -0.4 is 5.73 Å². The third-order valence-electron chi connectivity index (χ3n) is 2.79. The molecule has 122 valence electrons. The first-order valence-corrected chi connectivity index (χ1v) is 8.84. The zero-order valence-electron chi connectivity index (χ0n) is 13.0. The smallest absolute Gasteiger partial charge is 0.478 e. The molecule has 3 N–H and O–H groups in total. The zero-order chi connectivity index (χ0) is 16.5. The van der Waals surface area contributed by atoms with Crippen molar-refractivity contribution >= 4 is 20.7 Å². The van der Waals surface area contributed by atoms with Crippen LogP contribution in [-0.4, -0.2) is 45.6 Å². The molecule has 0 radical (unpaired) electrons. The van der Waals surface area contributed by atoms with E-state index in [1.54, 1.807) is 27.7 Å². The molecule has 0 aromatic carbocycles. The summed E-state index contributed by atoms with van der Waals surface area (Å²) in [6, 6.07) is 0. The minimum atomic E-state index is -3.27. The lowest BCUT2D eigenvalue weighted by Crippen LogP contribution is -2.51. The first-order chi connectivity index (χ1) is 9.88. The topological polar surface area (TPSA) is 108 Å². The van der Waals surface area contributed by atoms with Crippen molar-refractivity contribution in [1.29, 1.82) is 0 Å². The van der Waals surface area contributed by atoms with Crippen LogP contribution in [0.25, 0.3) is 0 Å². The molecule has 21 heavy (non-hydrogen) atoms. The SMILES string of the molecule is CCO[Si](OCC)(OCC)C(CC)C(=CC(N)=O)C(=O)O. The van der Waals surface area contributed by atoms with Gasteiger partial charge in [-0.3, -0.25) is 4.79 Å². The highest BCUT2D eigenvalue weighted by molar-refractivity contribution is 6.64. The van der Waals surface area contributed by atoms with Crippen molar-refractivity contribution in [2.45, 2.75) is 39.7 Å². The molecule has 0 spiro atoms. The number of rotatable bonds is 11. The van der Waals surface area contributed by atoms with Crippen LogP contribution in [0.1, 0.15) is 34.1 Å². The van der Waals surface area contributed by atoms with Crippen LogP contribution >= 0.6 is 0 Å². The van der Waals surface area contributed by atoms with Crippen LogP contribution in [0.2, 0.25) is 5.54 Å². The summed E-state index contributed by atoms with van der Waals surface area (Å²) >= 11 is 0. The summed E-state index contributed by atoms with van der Waals surface area (Å²) in [6.45, 7) is 8.12. The van der Waals surface area contributed by atoms with Gasteiger partial charge in [0, 0.05) is 31.5 Å². The van der Waals surface area contributed by atoms with E-state index < -0.39 is 26.2 Å². The van der Waals surface area contributed by atoms with Gasteiger partial charge < -0.3 is 24.1 Å². The second-order valence-electron chi connectivity index (χ2n) is 4.17. The molecule has 7 nitrogen and oxygen atoms in total. The monoisotopic (exact) mass is 319 g/mol. The standard InChI is InChI=1S/C13H25NO6Si/c1-5-11(10(13(16)17)9-12(14)15)21(18-6-2,19-7-3)20-8-4/h9,11H,5-8H2,1-4H3,(H2,14,15)(H,16,17). The lowest BCUT2D eigenvalue weighted by Gasteiger charge is -2.35. The Kier molecular flexibility index (Phi) is 9.10. The maximum absolute atomic E-state index is 11.5. The van der Waals surface area contributed by atoms with E-state index in [4.69, 9.17) is 19.0 Å². The summed E-state index contributed by atoms with van der Waals surface area (Å²) in [7, 11) is -3.27. The van der Waals surface area contributed by atoms with E-state index in [0.717, 1.165) is 6.08 Å². The molecular formula is C13H25NO6Si. The summed E-state index contributed by atoms with van der Waals surface area (Å²) in [5.74, 6) is -2.05. The molecule has 8 heteroatoms. The second-order valence-corrected chi connectivity index (χ2v) is 6.94. The molecule has 1 amide bonds. The molecule has 0 bridgehead atoms. The summed E-state index contributed by atoms with van der Waals surface area (Å²) in [5.41, 5.74) is 4.32. The number of nitrogens with two attached hydrogens (primary N) is 1. The minimum absolute atomic E-state index is 0.132. The Morgan fingerprint density at radius 2 is 1.52 bits per heavy atom. The van der Waals surface area contributed by atoms with E-state index in [1.807, 2.05) is 0 Å². The molecule has 0 aliphatic heterocycles. The number of hydrogen-bond donors (Lipinski definition) is 2. The van der Waals surface area contributed by atoms with Gasteiger partial charge in [0.15, 0.2) is 0 Å². The highest BCUT2D eigenvalue weighted by atomic mass is 28.4. The van der Waals surface area contributed by atoms with Gasteiger partial charge in [0.2, 0.25) is 5.91 Å². The Balaban J connectivity index is 5.84. The van der Waals surface area contributed by atoms with Crippen molar-refractivity contribution in [1.82, 2.24) is 0 Å². The molecule has 0 fully saturated rings. The molecule has 0 rings (SSSR count). The predicted molar refractivity (Wildman–Crippen MR) is 79.6 cm³/mol. The lowest BCUT2D eigenvalue weighted by atomic mass is 10.1. The molecule has 0 aliphatic carbocycles. The number of carbonyl (C=O) groups excluding carboxylic acids is 1. The maximum Gasteiger partial charge on any atom is 0.509 e. The van der Waals surface area contributed by atoms with E-state index in [0.29, 0.717) is 26.2 Å². The van der Waals surface area contributed by atoms with Crippen molar-refractivity contribution in [3.63, 3.8) is 0 Å². The lowest BCUT2D eigenvalue weighted by molar-refractivity contribution is -0.133. The van der Waals surface area contributed by atoms with Crippen LogP contribution in [0.15, 0.2) is 11.6 Å². The summed E-state index contributed by atoms with van der Waals surface area (Å²) in [5, 5.41) is 9.37. The van der Waals surface area contributed by atoms with E-state index in [1.165, 1.54) is 0 Å². The molecule has 0 heterocycles. The van der Waals surface area contributed by atoms with Crippen LogP contribution in [0.3, 0.4) is 0 Å². The fraction of sp³-hybridized carbons (Fsp3) is 0.692. The van der Waals surface area contributed by atoms with Crippen molar-refractivity contribution in [3.05, 3.63) is 11.6 Å². The van der Waals surface area contributed by atoms with E-state index in [-0.39, 0.29) is 5.57 Å². The Morgan fingerprint density at radius 3 is 1.76 bits per heavy atom. The highest BCUT2D eigenvalue weighted by Gasteiger charge is 2.51. The normalized spacial score (nSPS) is 14.0. The van der Waals surface area contributed by atoms with Gasteiger partial charge in [0.25, 0.3) is 0 Å². The van der Waals surface area contributed by atoms with E-state index in [9.17, 15) is 14.7 Å². The fourth-order valence-electron chi connectivity index (χ4n) is 2.16. The molecule has 0 aromatic heterocycles. The first-order valence-electron chi connectivity index (χ1n) is 7.04. The number of carboxylic acids is 1. The van der Waals surface area contributed by atoms with Crippen LogP contribution in [0.5, 0.6) is 0 Å². The number of amides is 1. The van der Waals surface area contributed by atoms with Crippen LogP contribution in [0.4, 0.5) is 0 Å². The summed E-state index contributed by atoms with van der Waals surface area (Å²) < 4.78 is 17.1. The van der Waals surface area contributed by atoms with Gasteiger partial charge >= 0.3 is 14.8 Å². The number of carbonyl (C=O) groups is 2. The number of carboxylic acid groups (broad SMARTS) is 1. The predicted octanol–water partition coefficient (Wildman–Crippen LogP) is 1.31. The average molecular weight is 319 g/mol. The molecule has 1 unspecified atom stereocenters. The largest absolute Gasteiger partial charge is 0.509 e. The van der Waals surface area contributed by atoms with E-state index >= 15 is 0 Å². The Labute approximate surface area is 126 Å². The molecule has 0 aliphatic rings. The van der Waals surface area contributed by atoms with Gasteiger partial charge in [-0.2, -0.15) is 0 Å². The summed E-state index contributed by atoms with van der Waals surface area (Å²) in [4.78, 5) is 22.6. The van der Waals surface area contributed by atoms with Crippen molar-refractivity contribution in [3.8, 4) is 0 Å². The van der Waals surface area contributed by atoms with Crippen LogP contribution in [0, 0.1) is 0 Å². The van der Waals surface area contributed by atoms with Crippen molar-refractivity contribution < 1.29 is 28.0 Å². The van der Waals surface area contributed by atoms with E-state index in [2.05, 4.69) is 0 Å².